The number of carbonyl (C=O) groups excluding carboxylic acids is 2. The summed E-state index contributed by atoms with van der Waals surface area (Å²) in [5.41, 5.74) is 0. The average molecular weight is 252 g/mol. The maximum absolute atomic E-state index is 10.5. The topological polar surface area (TPSA) is 71.1 Å². The summed E-state index contributed by atoms with van der Waals surface area (Å²) in [7, 11) is -0.620. The zero-order valence-electron chi connectivity index (χ0n) is 7.73. The van der Waals surface area contributed by atoms with E-state index in [9.17, 15) is 9.59 Å². The molecule has 0 aliphatic rings. The van der Waals surface area contributed by atoms with Gasteiger partial charge in [0.15, 0.2) is 0 Å². The van der Waals surface area contributed by atoms with E-state index >= 15 is 0 Å². The first-order chi connectivity index (χ1) is 7.20. The molecule has 0 aromatic rings. The minimum Gasteiger partial charge on any atom is -0.416 e. The summed E-state index contributed by atoms with van der Waals surface area (Å²) < 4.78 is 13.8. The minimum absolute atomic E-state index is 0.160. The van der Waals surface area contributed by atoms with E-state index in [-0.39, 0.29) is 15.2 Å². The van der Waals surface area contributed by atoms with Crippen molar-refractivity contribution in [3.05, 3.63) is 25.3 Å². The van der Waals surface area contributed by atoms with Crippen molar-refractivity contribution in [2.75, 3.05) is 6.35 Å². The van der Waals surface area contributed by atoms with Crippen LogP contribution in [0.5, 0.6) is 0 Å². The van der Waals surface area contributed by atoms with Crippen molar-refractivity contribution in [1.29, 1.82) is 0 Å². The number of hydrogen-bond acceptors (Lipinski definition) is 6. The molecule has 0 heterocycles. The highest BCUT2D eigenvalue weighted by Gasteiger charge is 1.98. The fourth-order valence-corrected chi connectivity index (χ4v) is 1.18. The van der Waals surface area contributed by atoms with Gasteiger partial charge in [0.2, 0.25) is 9.03 Å². The first-order valence-corrected chi connectivity index (χ1v) is 5.56. The zero-order valence-corrected chi connectivity index (χ0v) is 9.73. The van der Waals surface area contributed by atoms with Crippen LogP contribution in [0.15, 0.2) is 25.3 Å². The highest BCUT2D eigenvalue weighted by Crippen LogP contribution is 2.21. The maximum atomic E-state index is 10.5. The molecule has 2 unspecified atom stereocenters. The molecular formula is C7H10O6P2. The van der Waals surface area contributed by atoms with Crippen LogP contribution in [0.25, 0.3) is 0 Å². The van der Waals surface area contributed by atoms with Crippen molar-refractivity contribution in [3.8, 4) is 0 Å². The van der Waals surface area contributed by atoms with Gasteiger partial charge in [-0.2, -0.15) is 4.67 Å². The standard InChI is InChI=1S/C7H10O6P2/c1-3-6(8)11-13-14-5-10-15-12-7(9)4-2/h3-4,14-15H,1-2,5H2. The molecule has 0 aliphatic carbocycles. The summed E-state index contributed by atoms with van der Waals surface area (Å²) >= 11 is 0. The second-order valence-electron chi connectivity index (χ2n) is 1.83. The van der Waals surface area contributed by atoms with Crippen molar-refractivity contribution in [2.24, 2.45) is 0 Å². The maximum Gasteiger partial charge on any atom is 0.365 e. The summed E-state index contributed by atoms with van der Waals surface area (Å²) in [6.45, 7) is 6.37. The van der Waals surface area contributed by atoms with E-state index in [2.05, 4.69) is 27.2 Å². The first-order valence-electron chi connectivity index (χ1n) is 3.63. The number of hydrogen-bond donors (Lipinski definition) is 0. The predicted octanol–water partition coefficient (Wildman–Crippen LogP) is 1.45. The zero-order chi connectivity index (χ0) is 11.5. The Morgan fingerprint density at radius 3 is 2.47 bits per heavy atom. The van der Waals surface area contributed by atoms with E-state index in [0.29, 0.717) is 0 Å². The molecule has 6 nitrogen and oxygen atoms in total. The van der Waals surface area contributed by atoms with Gasteiger partial charge in [-0.25, -0.2) is 9.59 Å². The molecule has 0 bridgehead atoms. The Morgan fingerprint density at radius 1 is 1.20 bits per heavy atom. The van der Waals surface area contributed by atoms with E-state index in [0.717, 1.165) is 12.2 Å². The van der Waals surface area contributed by atoms with E-state index in [1.54, 1.807) is 0 Å². The SMILES string of the molecule is C=CC(=O)OOPCOPOC(=O)C=C. The molecule has 84 valence electrons. The van der Waals surface area contributed by atoms with E-state index in [4.69, 9.17) is 4.52 Å². The summed E-state index contributed by atoms with van der Waals surface area (Å²) in [5, 5.41) is 0. The summed E-state index contributed by atoms with van der Waals surface area (Å²) in [6, 6.07) is 0. The van der Waals surface area contributed by atoms with E-state index in [1.165, 1.54) is 0 Å². The van der Waals surface area contributed by atoms with Gasteiger partial charge in [-0.1, -0.05) is 13.2 Å². The molecule has 0 saturated carbocycles. The van der Waals surface area contributed by atoms with Gasteiger partial charge in [0.25, 0.3) is 0 Å². The lowest BCUT2D eigenvalue weighted by Gasteiger charge is -2.02. The lowest BCUT2D eigenvalue weighted by atomic mass is 10.7. The summed E-state index contributed by atoms with van der Waals surface area (Å²) in [6.07, 6.45) is 2.16. The van der Waals surface area contributed by atoms with Crippen LogP contribution in [0, 0.1) is 0 Å². The third-order valence-electron chi connectivity index (χ3n) is 0.848. The third kappa shape index (κ3) is 9.50. The molecule has 0 saturated heterocycles. The van der Waals surface area contributed by atoms with Gasteiger partial charge >= 0.3 is 11.9 Å². The van der Waals surface area contributed by atoms with Crippen LogP contribution in [-0.2, 0) is 28.2 Å². The molecule has 0 rings (SSSR count). The third-order valence-corrected chi connectivity index (χ3v) is 2.15. The number of rotatable bonds is 8. The molecule has 8 heteroatoms. The average Bonchev–Trinajstić information content (AvgIpc) is 2.26. The Kier molecular flexibility index (Phi) is 9.22. The van der Waals surface area contributed by atoms with Crippen LogP contribution < -0.4 is 0 Å². The summed E-state index contributed by atoms with van der Waals surface area (Å²) in [4.78, 5) is 25.1. The highest BCUT2D eigenvalue weighted by molar-refractivity contribution is 7.33. The lowest BCUT2D eigenvalue weighted by molar-refractivity contribution is -0.202. The van der Waals surface area contributed by atoms with Gasteiger partial charge in [-0.15, -0.1) is 0 Å². The molecule has 0 N–H and O–H groups in total. The van der Waals surface area contributed by atoms with Crippen LogP contribution in [0.2, 0.25) is 0 Å². The lowest BCUT2D eigenvalue weighted by Crippen LogP contribution is -1.96. The fraction of sp³-hybridized carbons (Fsp3) is 0.143. The minimum atomic E-state index is -0.678. The largest absolute Gasteiger partial charge is 0.416 e. The molecule has 15 heavy (non-hydrogen) atoms. The molecule has 0 amide bonds. The Bertz CT molecular complexity index is 218. The smallest absolute Gasteiger partial charge is 0.365 e. The Balaban J connectivity index is 3.18. The predicted molar refractivity (Wildman–Crippen MR) is 56.2 cm³/mol. The Hall–Kier alpha value is -0.800. The molecule has 0 spiro atoms. The van der Waals surface area contributed by atoms with Crippen LogP contribution in [0.3, 0.4) is 0 Å². The van der Waals surface area contributed by atoms with Crippen molar-refractivity contribution in [3.63, 3.8) is 0 Å². The van der Waals surface area contributed by atoms with Crippen LogP contribution >= 0.6 is 17.8 Å². The van der Waals surface area contributed by atoms with Gasteiger partial charge in [0.05, 0.1) is 15.2 Å². The van der Waals surface area contributed by atoms with Crippen LogP contribution in [0.4, 0.5) is 0 Å². The van der Waals surface area contributed by atoms with E-state index < -0.39 is 21.0 Å². The monoisotopic (exact) mass is 252 g/mol. The molecule has 0 aromatic carbocycles. The van der Waals surface area contributed by atoms with Gasteiger partial charge in [0.1, 0.15) is 0 Å². The molecule has 0 aliphatic heterocycles. The molecule has 0 fully saturated rings. The van der Waals surface area contributed by atoms with Gasteiger partial charge in [-0.3, -0.25) is 4.89 Å². The van der Waals surface area contributed by atoms with Crippen molar-refractivity contribution in [2.45, 2.75) is 0 Å². The fourth-order valence-electron chi connectivity index (χ4n) is 0.300. The second-order valence-corrected chi connectivity index (χ2v) is 3.23. The first kappa shape index (κ1) is 14.2. The Labute approximate surface area is 90.3 Å². The molecule has 0 aromatic heterocycles. The quantitative estimate of drug-likeness (QED) is 0.214. The Morgan fingerprint density at radius 2 is 1.87 bits per heavy atom. The van der Waals surface area contributed by atoms with Gasteiger partial charge in [0, 0.05) is 12.2 Å². The van der Waals surface area contributed by atoms with Crippen molar-refractivity contribution in [1.82, 2.24) is 0 Å². The molecular weight excluding hydrogens is 242 g/mol. The van der Waals surface area contributed by atoms with Crippen LogP contribution in [0.1, 0.15) is 0 Å². The van der Waals surface area contributed by atoms with Gasteiger partial charge < -0.3 is 9.05 Å². The van der Waals surface area contributed by atoms with Crippen molar-refractivity contribution < 1.29 is 28.2 Å². The van der Waals surface area contributed by atoms with Crippen LogP contribution in [-0.4, -0.2) is 18.3 Å². The van der Waals surface area contributed by atoms with E-state index in [1.807, 2.05) is 0 Å². The highest BCUT2D eigenvalue weighted by atomic mass is 31.1. The summed E-state index contributed by atoms with van der Waals surface area (Å²) in [5.74, 6) is -1.24. The molecule has 0 radical (unpaired) electrons. The second kappa shape index (κ2) is 9.74. The van der Waals surface area contributed by atoms with Gasteiger partial charge in [-0.05, 0) is 0 Å². The normalized spacial score (nSPS) is 10.7. The molecule has 2 atom stereocenters. The van der Waals surface area contributed by atoms with Crippen molar-refractivity contribution >= 4 is 29.8 Å². The number of carbonyl (C=O) groups is 2.